The van der Waals surface area contributed by atoms with E-state index in [1.54, 1.807) is 24.4 Å². The van der Waals surface area contributed by atoms with Gasteiger partial charge in [0.1, 0.15) is 0 Å². The van der Waals surface area contributed by atoms with Crippen molar-refractivity contribution in [3.63, 3.8) is 0 Å². The summed E-state index contributed by atoms with van der Waals surface area (Å²) in [4.78, 5) is 17.2. The Morgan fingerprint density at radius 3 is 2.75 bits per heavy atom. The van der Waals surface area contributed by atoms with Crippen molar-refractivity contribution >= 4 is 17.3 Å². The third-order valence-electron chi connectivity index (χ3n) is 3.58. The molecule has 0 saturated carbocycles. The maximum Gasteiger partial charge on any atom is 0.372 e. The Bertz CT molecular complexity index is 633. The second kappa shape index (κ2) is 5.09. The van der Waals surface area contributed by atoms with E-state index in [0.717, 1.165) is 0 Å². The summed E-state index contributed by atoms with van der Waals surface area (Å²) in [6, 6.07) is 5.30. The molecule has 0 aliphatic rings. The average Bonchev–Trinajstić information content (AvgIpc) is 2.74. The molecule has 2 aromatic heterocycles. The van der Waals surface area contributed by atoms with Crippen molar-refractivity contribution in [2.24, 2.45) is 0 Å². The number of rotatable bonds is 5. The van der Waals surface area contributed by atoms with Crippen LogP contribution in [-0.4, -0.2) is 45.4 Å². The fraction of sp³-hybridized carbons (Fsp3) is 0.462. The van der Waals surface area contributed by atoms with Crippen molar-refractivity contribution in [2.45, 2.75) is 19.4 Å². The van der Waals surface area contributed by atoms with Crippen molar-refractivity contribution in [2.75, 3.05) is 26.0 Å². The molecule has 7 heteroatoms. The first-order valence-corrected chi connectivity index (χ1v) is 6.36. The lowest BCUT2D eigenvalue weighted by Crippen LogP contribution is -2.44. The number of nitro groups is 1. The molecule has 2 aromatic rings. The molecule has 0 fully saturated rings. The van der Waals surface area contributed by atoms with Crippen LogP contribution in [0, 0.1) is 10.1 Å². The Kier molecular flexibility index (Phi) is 3.63. The highest BCUT2D eigenvalue weighted by Gasteiger charge is 2.25. The molecule has 0 atom stereocenters. The highest BCUT2D eigenvalue weighted by atomic mass is 16.6. The number of pyridine rings is 1. The zero-order valence-corrected chi connectivity index (χ0v) is 12.1. The van der Waals surface area contributed by atoms with E-state index < -0.39 is 4.92 Å². The second-order valence-corrected chi connectivity index (χ2v) is 5.53. The third kappa shape index (κ3) is 2.57. The zero-order valence-electron chi connectivity index (χ0n) is 12.1. The quantitative estimate of drug-likeness (QED) is 0.668. The van der Waals surface area contributed by atoms with E-state index in [2.05, 4.69) is 29.0 Å². The average molecular weight is 277 g/mol. The minimum atomic E-state index is -0.412. The lowest BCUT2D eigenvalue weighted by Gasteiger charge is -2.32. The molecule has 0 amide bonds. The summed E-state index contributed by atoms with van der Waals surface area (Å²) in [6.45, 7) is 4.67. The van der Waals surface area contributed by atoms with Gasteiger partial charge >= 0.3 is 5.82 Å². The van der Waals surface area contributed by atoms with Gasteiger partial charge in [-0.05, 0) is 38.9 Å². The van der Waals surface area contributed by atoms with Gasteiger partial charge in [0.05, 0.1) is 6.20 Å². The summed E-state index contributed by atoms with van der Waals surface area (Å²) in [5.41, 5.74) is 0.424. The van der Waals surface area contributed by atoms with E-state index in [4.69, 9.17) is 0 Å². The van der Waals surface area contributed by atoms with Crippen LogP contribution in [0.1, 0.15) is 13.8 Å². The van der Waals surface area contributed by atoms with E-state index in [-0.39, 0.29) is 11.4 Å². The monoisotopic (exact) mass is 277 g/mol. The Labute approximate surface area is 117 Å². The van der Waals surface area contributed by atoms with Crippen LogP contribution < -0.4 is 5.32 Å². The summed E-state index contributed by atoms with van der Waals surface area (Å²) < 4.78 is 1.48. The molecule has 0 bridgehead atoms. The number of imidazole rings is 1. The van der Waals surface area contributed by atoms with E-state index in [1.807, 2.05) is 14.1 Å². The first-order valence-electron chi connectivity index (χ1n) is 6.36. The van der Waals surface area contributed by atoms with Gasteiger partial charge in [-0.3, -0.25) is 0 Å². The standard InChI is InChI=1S/C13H19N5O2/c1-13(2,16(3)4)9-14-11-12(18(19)20)17-8-6-5-7-10(17)15-11/h5-8,14H,9H2,1-4H3. The molecule has 1 N–H and O–H groups in total. The minimum absolute atomic E-state index is 0.0323. The number of nitrogens with one attached hydrogen (secondary N) is 1. The Morgan fingerprint density at radius 1 is 1.45 bits per heavy atom. The lowest BCUT2D eigenvalue weighted by atomic mass is 10.0. The number of aromatic nitrogens is 2. The normalized spacial score (nSPS) is 12.1. The predicted molar refractivity (Wildman–Crippen MR) is 78.1 cm³/mol. The van der Waals surface area contributed by atoms with E-state index in [9.17, 15) is 10.1 Å². The summed E-state index contributed by atoms with van der Waals surface area (Å²) in [5, 5.41) is 14.3. The SMILES string of the molecule is CN(C)C(C)(C)CNc1nc2ccccn2c1[N+](=O)[O-]. The molecule has 0 radical (unpaired) electrons. The summed E-state index contributed by atoms with van der Waals surface area (Å²) in [7, 11) is 3.94. The number of anilines is 1. The van der Waals surface area contributed by atoms with Crippen LogP contribution >= 0.6 is 0 Å². The van der Waals surface area contributed by atoms with Crippen LogP contribution in [0.25, 0.3) is 5.65 Å². The highest BCUT2D eigenvalue weighted by molar-refractivity contribution is 5.62. The zero-order chi connectivity index (χ0) is 14.9. The van der Waals surface area contributed by atoms with Gasteiger partial charge in [-0.1, -0.05) is 6.07 Å². The summed E-state index contributed by atoms with van der Waals surface area (Å²) >= 11 is 0. The molecule has 0 spiro atoms. The largest absolute Gasteiger partial charge is 0.372 e. The molecule has 2 rings (SSSR count). The number of hydrogen-bond acceptors (Lipinski definition) is 5. The number of hydrogen-bond donors (Lipinski definition) is 1. The van der Waals surface area contributed by atoms with E-state index in [1.165, 1.54) is 4.40 Å². The van der Waals surface area contributed by atoms with Crippen LogP contribution in [0.15, 0.2) is 24.4 Å². The van der Waals surface area contributed by atoms with Gasteiger partial charge in [0.25, 0.3) is 0 Å². The van der Waals surface area contributed by atoms with Gasteiger partial charge in [0, 0.05) is 18.2 Å². The third-order valence-corrected chi connectivity index (χ3v) is 3.58. The van der Waals surface area contributed by atoms with Gasteiger partial charge < -0.3 is 20.3 Å². The highest BCUT2D eigenvalue weighted by Crippen LogP contribution is 2.26. The van der Waals surface area contributed by atoms with E-state index >= 15 is 0 Å². The molecule has 2 heterocycles. The van der Waals surface area contributed by atoms with Gasteiger partial charge in [-0.2, -0.15) is 9.38 Å². The van der Waals surface area contributed by atoms with Crippen molar-refractivity contribution in [1.82, 2.24) is 14.3 Å². The van der Waals surface area contributed by atoms with Crippen molar-refractivity contribution in [3.8, 4) is 0 Å². The van der Waals surface area contributed by atoms with Gasteiger partial charge in [0.15, 0.2) is 0 Å². The van der Waals surface area contributed by atoms with Crippen LogP contribution in [0.5, 0.6) is 0 Å². The second-order valence-electron chi connectivity index (χ2n) is 5.53. The fourth-order valence-corrected chi connectivity index (χ4v) is 1.73. The smallest absolute Gasteiger partial charge is 0.361 e. The molecule has 0 aliphatic carbocycles. The molecule has 0 saturated heterocycles. The maximum absolute atomic E-state index is 11.2. The Hall–Kier alpha value is -2.15. The topological polar surface area (TPSA) is 75.7 Å². The maximum atomic E-state index is 11.2. The predicted octanol–water partition coefficient (Wildman–Crippen LogP) is 1.99. The Morgan fingerprint density at radius 2 is 2.15 bits per heavy atom. The van der Waals surface area contributed by atoms with Crippen LogP contribution in [0.3, 0.4) is 0 Å². The van der Waals surface area contributed by atoms with Crippen LogP contribution in [0.4, 0.5) is 11.6 Å². The molecule has 7 nitrogen and oxygen atoms in total. The molecule has 108 valence electrons. The first kappa shape index (κ1) is 14.3. The van der Waals surface area contributed by atoms with Crippen molar-refractivity contribution < 1.29 is 4.92 Å². The number of nitrogens with zero attached hydrogens (tertiary/aromatic N) is 4. The molecular formula is C13H19N5O2. The molecular weight excluding hydrogens is 258 g/mol. The van der Waals surface area contributed by atoms with Crippen molar-refractivity contribution in [3.05, 3.63) is 34.5 Å². The lowest BCUT2D eigenvalue weighted by molar-refractivity contribution is -0.389. The fourth-order valence-electron chi connectivity index (χ4n) is 1.73. The summed E-state index contributed by atoms with van der Waals surface area (Å²) in [6.07, 6.45) is 1.64. The van der Waals surface area contributed by atoms with Crippen LogP contribution in [-0.2, 0) is 0 Å². The number of likely N-dealkylation sites (N-methyl/N-ethyl adjacent to an activating group) is 1. The minimum Gasteiger partial charge on any atom is -0.361 e. The number of fused-ring (bicyclic) bond motifs is 1. The Balaban J connectivity index is 2.35. The van der Waals surface area contributed by atoms with Gasteiger partial charge in [-0.25, -0.2) is 0 Å². The molecule has 0 unspecified atom stereocenters. The van der Waals surface area contributed by atoms with E-state index in [0.29, 0.717) is 18.0 Å². The molecule has 0 aromatic carbocycles. The molecule has 0 aliphatic heterocycles. The van der Waals surface area contributed by atoms with Gasteiger partial charge in [-0.15, -0.1) is 0 Å². The van der Waals surface area contributed by atoms with Gasteiger partial charge in [0.2, 0.25) is 11.5 Å². The first-order chi connectivity index (χ1) is 9.33. The van der Waals surface area contributed by atoms with Crippen LogP contribution in [0.2, 0.25) is 0 Å². The summed E-state index contributed by atoms with van der Waals surface area (Å²) in [5.74, 6) is 0.270. The van der Waals surface area contributed by atoms with Crippen molar-refractivity contribution in [1.29, 1.82) is 0 Å². The molecule has 20 heavy (non-hydrogen) atoms.